The van der Waals surface area contributed by atoms with Crippen molar-refractivity contribution in [2.24, 2.45) is 0 Å². The van der Waals surface area contributed by atoms with Crippen molar-refractivity contribution in [1.82, 2.24) is 5.32 Å². The zero-order valence-electron chi connectivity index (χ0n) is 13.5. The lowest BCUT2D eigenvalue weighted by Gasteiger charge is -2.20. The van der Waals surface area contributed by atoms with Gasteiger partial charge in [-0.3, -0.25) is 0 Å². The quantitative estimate of drug-likeness (QED) is 0.740. The van der Waals surface area contributed by atoms with Gasteiger partial charge in [0.05, 0.1) is 19.3 Å². The lowest BCUT2D eigenvalue weighted by molar-refractivity contribution is 0.133. The molecule has 114 valence electrons. The monoisotopic (exact) mass is 279 g/mol. The number of nitrogens with one attached hydrogen (secondary N) is 1. The number of hydrogen-bond donors (Lipinski definition) is 1. The molecule has 1 aromatic rings. The number of hydrogen-bond acceptors (Lipinski definition) is 3. The van der Waals surface area contributed by atoms with Crippen LogP contribution in [0.3, 0.4) is 0 Å². The van der Waals surface area contributed by atoms with Gasteiger partial charge in [-0.2, -0.15) is 0 Å². The maximum atomic E-state index is 5.63. The van der Waals surface area contributed by atoms with E-state index >= 15 is 0 Å². The van der Waals surface area contributed by atoms with Gasteiger partial charge < -0.3 is 14.8 Å². The molecule has 0 saturated heterocycles. The molecule has 1 N–H and O–H groups in total. The smallest absolute Gasteiger partial charge is 0.119 e. The molecule has 0 radical (unpaired) electrons. The predicted octanol–water partition coefficient (Wildman–Crippen LogP) is 3.42. The van der Waals surface area contributed by atoms with Crippen LogP contribution in [0.2, 0.25) is 0 Å². The zero-order valence-corrected chi connectivity index (χ0v) is 13.5. The van der Waals surface area contributed by atoms with Crippen LogP contribution in [0.25, 0.3) is 0 Å². The first-order valence-corrected chi connectivity index (χ1v) is 7.45. The molecule has 0 unspecified atom stereocenters. The fourth-order valence-corrected chi connectivity index (χ4v) is 1.80. The Balaban J connectivity index is 2.16. The molecule has 0 bridgehead atoms. The molecule has 0 aromatic heterocycles. The van der Waals surface area contributed by atoms with Crippen LogP contribution < -0.4 is 10.1 Å². The van der Waals surface area contributed by atoms with E-state index in [4.69, 9.17) is 9.47 Å². The molecule has 1 aromatic carbocycles. The van der Waals surface area contributed by atoms with E-state index < -0.39 is 0 Å². The summed E-state index contributed by atoms with van der Waals surface area (Å²) in [6, 6.07) is 8.26. The van der Waals surface area contributed by atoms with Gasteiger partial charge in [-0.15, -0.1) is 0 Å². The summed E-state index contributed by atoms with van der Waals surface area (Å²) in [4.78, 5) is 0. The van der Waals surface area contributed by atoms with Gasteiger partial charge in [0, 0.05) is 12.1 Å². The van der Waals surface area contributed by atoms with Gasteiger partial charge in [-0.25, -0.2) is 0 Å². The number of rotatable bonds is 8. The maximum absolute atomic E-state index is 5.63. The summed E-state index contributed by atoms with van der Waals surface area (Å²) >= 11 is 0. The minimum Gasteiger partial charge on any atom is -0.491 e. The highest BCUT2D eigenvalue weighted by Gasteiger charge is 2.07. The standard InChI is InChI=1S/C17H29NO2/c1-14(2)20-16-8-6-15(7-9-16)10-12-19-13-11-18-17(3,4)5/h6-9,14,18H,10-13H2,1-5H3. The van der Waals surface area contributed by atoms with Crippen molar-refractivity contribution in [3.05, 3.63) is 29.8 Å². The Morgan fingerprint density at radius 1 is 1.05 bits per heavy atom. The van der Waals surface area contributed by atoms with Gasteiger partial charge in [-0.1, -0.05) is 12.1 Å². The highest BCUT2D eigenvalue weighted by molar-refractivity contribution is 5.27. The second-order valence-electron chi connectivity index (χ2n) is 6.35. The average Bonchev–Trinajstić information content (AvgIpc) is 2.33. The molecule has 20 heavy (non-hydrogen) atoms. The minimum atomic E-state index is 0.162. The van der Waals surface area contributed by atoms with E-state index in [1.165, 1.54) is 5.56 Å². The third kappa shape index (κ3) is 8.18. The van der Waals surface area contributed by atoms with E-state index in [0.717, 1.165) is 31.9 Å². The summed E-state index contributed by atoms with van der Waals surface area (Å²) in [6.45, 7) is 13.0. The molecule has 3 heteroatoms. The second kappa shape index (κ2) is 8.28. The first kappa shape index (κ1) is 17.0. The van der Waals surface area contributed by atoms with Crippen LogP contribution in [0.15, 0.2) is 24.3 Å². The molecule has 0 aliphatic rings. The van der Waals surface area contributed by atoms with Gasteiger partial charge in [0.25, 0.3) is 0 Å². The Morgan fingerprint density at radius 2 is 1.70 bits per heavy atom. The van der Waals surface area contributed by atoms with E-state index in [0.29, 0.717) is 0 Å². The van der Waals surface area contributed by atoms with Crippen LogP contribution >= 0.6 is 0 Å². The fraction of sp³-hybridized carbons (Fsp3) is 0.647. The first-order chi connectivity index (χ1) is 9.37. The summed E-state index contributed by atoms with van der Waals surface area (Å²) in [6.07, 6.45) is 1.16. The molecule has 0 amide bonds. The van der Waals surface area contributed by atoms with Crippen LogP contribution in [-0.4, -0.2) is 31.4 Å². The average molecular weight is 279 g/mol. The van der Waals surface area contributed by atoms with Crippen LogP contribution in [0.5, 0.6) is 5.75 Å². The van der Waals surface area contributed by atoms with E-state index in [1.807, 2.05) is 26.0 Å². The lowest BCUT2D eigenvalue weighted by atomic mass is 10.1. The van der Waals surface area contributed by atoms with Crippen molar-refractivity contribution in [3.63, 3.8) is 0 Å². The zero-order chi connectivity index (χ0) is 15.0. The van der Waals surface area contributed by atoms with Gasteiger partial charge in [-0.05, 0) is 58.7 Å². The number of benzene rings is 1. The van der Waals surface area contributed by atoms with Crippen molar-refractivity contribution in [2.45, 2.75) is 52.7 Å². The molecule has 3 nitrogen and oxygen atoms in total. The highest BCUT2D eigenvalue weighted by Crippen LogP contribution is 2.14. The van der Waals surface area contributed by atoms with Crippen LogP contribution in [-0.2, 0) is 11.2 Å². The summed E-state index contributed by atoms with van der Waals surface area (Å²) in [7, 11) is 0. The maximum Gasteiger partial charge on any atom is 0.119 e. The Labute approximate surface area is 123 Å². The number of ether oxygens (including phenoxy) is 2. The topological polar surface area (TPSA) is 30.5 Å². The largest absolute Gasteiger partial charge is 0.491 e. The van der Waals surface area contributed by atoms with E-state index in [2.05, 4.69) is 38.2 Å². The molecular weight excluding hydrogens is 250 g/mol. The second-order valence-corrected chi connectivity index (χ2v) is 6.35. The van der Waals surface area contributed by atoms with E-state index in [9.17, 15) is 0 Å². The Hall–Kier alpha value is -1.06. The molecule has 0 atom stereocenters. The minimum absolute atomic E-state index is 0.162. The lowest BCUT2D eigenvalue weighted by Crippen LogP contribution is -2.38. The highest BCUT2D eigenvalue weighted by atomic mass is 16.5. The first-order valence-electron chi connectivity index (χ1n) is 7.45. The normalized spacial score (nSPS) is 11.9. The Morgan fingerprint density at radius 3 is 2.25 bits per heavy atom. The summed E-state index contributed by atoms with van der Waals surface area (Å²) in [5, 5.41) is 3.40. The van der Waals surface area contributed by atoms with Gasteiger partial charge in [0.2, 0.25) is 0 Å². The molecule has 0 heterocycles. The molecule has 1 rings (SSSR count). The molecule has 0 fully saturated rings. The third-order valence-corrected chi connectivity index (χ3v) is 2.73. The van der Waals surface area contributed by atoms with Crippen molar-refractivity contribution >= 4 is 0 Å². The van der Waals surface area contributed by atoms with Crippen molar-refractivity contribution in [1.29, 1.82) is 0 Å². The molecule has 0 aliphatic heterocycles. The SMILES string of the molecule is CC(C)Oc1ccc(CCOCCNC(C)(C)C)cc1. The Bertz CT molecular complexity index is 366. The molecule has 0 spiro atoms. The van der Waals surface area contributed by atoms with E-state index in [-0.39, 0.29) is 11.6 Å². The van der Waals surface area contributed by atoms with Crippen molar-refractivity contribution in [3.8, 4) is 5.75 Å². The predicted molar refractivity (Wildman–Crippen MR) is 84.5 cm³/mol. The van der Waals surface area contributed by atoms with Crippen molar-refractivity contribution in [2.75, 3.05) is 19.8 Å². The van der Waals surface area contributed by atoms with Crippen LogP contribution in [0.4, 0.5) is 0 Å². The molecular formula is C17H29NO2. The van der Waals surface area contributed by atoms with Gasteiger partial charge in [0.15, 0.2) is 0 Å². The van der Waals surface area contributed by atoms with Crippen molar-refractivity contribution < 1.29 is 9.47 Å². The Kier molecular flexibility index (Phi) is 7.03. The summed E-state index contributed by atoms with van der Waals surface area (Å²) < 4.78 is 11.3. The van der Waals surface area contributed by atoms with E-state index in [1.54, 1.807) is 0 Å². The molecule has 0 aliphatic carbocycles. The van der Waals surface area contributed by atoms with Crippen LogP contribution in [0.1, 0.15) is 40.2 Å². The third-order valence-electron chi connectivity index (χ3n) is 2.73. The molecule has 0 saturated carbocycles. The van der Waals surface area contributed by atoms with Gasteiger partial charge >= 0.3 is 0 Å². The van der Waals surface area contributed by atoms with Gasteiger partial charge in [0.1, 0.15) is 5.75 Å². The summed E-state index contributed by atoms with van der Waals surface area (Å²) in [5.41, 5.74) is 1.44. The fourth-order valence-electron chi connectivity index (χ4n) is 1.80. The summed E-state index contributed by atoms with van der Waals surface area (Å²) in [5.74, 6) is 0.930. The van der Waals surface area contributed by atoms with Crippen LogP contribution in [0, 0.1) is 0 Å².